The van der Waals surface area contributed by atoms with Crippen molar-refractivity contribution in [1.29, 1.82) is 0 Å². The first-order chi connectivity index (χ1) is 8.41. The fourth-order valence-corrected chi connectivity index (χ4v) is 1.41. The van der Waals surface area contributed by atoms with Gasteiger partial charge in [-0.2, -0.15) is 18.2 Å². The van der Waals surface area contributed by atoms with Crippen LogP contribution in [0.5, 0.6) is 0 Å². The summed E-state index contributed by atoms with van der Waals surface area (Å²) in [7, 11) is 0. The van der Waals surface area contributed by atoms with E-state index in [0.29, 0.717) is 5.56 Å². The van der Waals surface area contributed by atoms with Crippen LogP contribution in [0.1, 0.15) is 23.9 Å². The van der Waals surface area contributed by atoms with Gasteiger partial charge in [0.05, 0.1) is 6.10 Å². The number of hydrogen-bond acceptors (Lipinski definition) is 5. The van der Waals surface area contributed by atoms with E-state index in [1.807, 2.05) is 0 Å². The van der Waals surface area contributed by atoms with E-state index in [1.165, 1.54) is 12.4 Å². The Morgan fingerprint density at radius 2 is 2.17 bits per heavy atom. The lowest BCUT2D eigenvalue weighted by atomic mass is 10.1. The molecule has 2 rings (SSSR count). The maximum Gasteiger partial charge on any atom is 0.453 e. The number of aliphatic hydroxyl groups is 1. The van der Waals surface area contributed by atoms with Crippen LogP contribution in [0.4, 0.5) is 13.2 Å². The van der Waals surface area contributed by atoms with Crippen molar-refractivity contribution in [2.75, 3.05) is 6.54 Å². The Morgan fingerprint density at radius 1 is 1.44 bits per heavy atom. The summed E-state index contributed by atoms with van der Waals surface area (Å²) in [5.74, 6) is -1.44. The number of fused-ring (bicyclic) bond motifs is 1. The molecule has 0 saturated carbocycles. The number of nitrogens with two attached hydrogens (primary N) is 1. The number of rotatable bonds is 3. The van der Waals surface area contributed by atoms with Crippen LogP contribution in [-0.2, 0) is 6.18 Å². The molecular weight excluding hydrogens is 251 g/mol. The lowest BCUT2D eigenvalue weighted by molar-refractivity contribution is -0.144. The van der Waals surface area contributed by atoms with Crippen LogP contribution in [0.25, 0.3) is 5.78 Å². The van der Waals surface area contributed by atoms with E-state index in [1.54, 1.807) is 0 Å². The number of aromatic nitrogens is 4. The molecule has 1 atom stereocenters. The second-order valence-corrected chi connectivity index (χ2v) is 3.66. The zero-order chi connectivity index (χ0) is 13.3. The topological polar surface area (TPSA) is 89.3 Å². The maximum atomic E-state index is 12.4. The second kappa shape index (κ2) is 4.50. The molecule has 0 spiro atoms. The summed E-state index contributed by atoms with van der Waals surface area (Å²) in [6.45, 7) is 0.254. The van der Waals surface area contributed by atoms with Crippen LogP contribution in [0.2, 0.25) is 0 Å². The summed E-state index contributed by atoms with van der Waals surface area (Å²) in [5, 5.41) is 12.9. The molecule has 0 bridgehead atoms. The molecule has 0 aromatic carbocycles. The zero-order valence-corrected chi connectivity index (χ0v) is 9.09. The highest BCUT2D eigenvalue weighted by Crippen LogP contribution is 2.26. The minimum absolute atomic E-state index is 0.175. The number of alkyl halides is 3. The number of nitrogens with zero attached hydrogens (tertiary/aromatic N) is 4. The van der Waals surface area contributed by atoms with Crippen molar-refractivity contribution < 1.29 is 18.3 Å². The van der Waals surface area contributed by atoms with Crippen LogP contribution in [0, 0.1) is 0 Å². The van der Waals surface area contributed by atoms with Crippen LogP contribution in [0.3, 0.4) is 0 Å². The molecule has 0 fully saturated rings. The minimum atomic E-state index is -4.62. The molecule has 2 aromatic heterocycles. The highest BCUT2D eigenvalue weighted by Gasteiger charge is 2.36. The van der Waals surface area contributed by atoms with Gasteiger partial charge in [0, 0.05) is 18.0 Å². The van der Waals surface area contributed by atoms with Gasteiger partial charge >= 0.3 is 6.18 Å². The standard InChI is InChI=1S/C9H10F3N5O/c10-9(11,12)7-15-8-14-3-5(4-17(8)16-7)6(18)1-2-13/h3-4,6,18H,1-2,13H2. The highest BCUT2D eigenvalue weighted by atomic mass is 19.4. The average Bonchev–Trinajstić information content (AvgIpc) is 2.71. The van der Waals surface area contributed by atoms with Gasteiger partial charge in [-0.1, -0.05) is 0 Å². The Labute approximate surface area is 99.3 Å². The smallest absolute Gasteiger partial charge is 0.388 e. The van der Waals surface area contributed by atoms with Crippen molar-refractivity contribution in [3.05, 3.63) is 23.8 Å². The van der Waals surface area contributed by atoms with Gasteiger partial charge in [-0.25, -0.2) is 9.50 Å². The van der Waals surface area contributed by atoms with Crippen LogP contribution >= 0.6 is 0 Å². The fourth-order valence-electron chi connectivity index (χ4n) is 1.41. The third-order valence-electron chi connectivity index (χ3n) is 2.29. The molecule has 2 aromatic rings. The van der Waals surface area contributed by atoms with Gasteiger partial charge in [0.2, 0.25) is 0 Å². The molecular formula is C9H10F3N5O. The maximum absolute atomic E-state index is 12.4. The summed E-state index contributed by atoms with van der Waals surface area (Å²) >= 11 is 0. The van der Waals surface area contributed by atoms with Gasteiger partial charge in [-0.05, 0) is 13.0 Å². The molecule has 1 unspecified atom stereocenters. The number of hydrogen-bond donors (Lipinski definition) is 2. The first kappa shape index (κ1) is 12.7. The Balaban J connectivity index is 2.40. The number of halogens is 3. The van der Waals surface area contributed by atoms with Crippen molar-refractivity contribution >= 4 is 5.78 Å². The van der Waals surface area contributed by atoms with Crippen LogP contribution in [0.15, 0.2) is 12.4 Å². The van der Waals surface area contributed by atoms with E-state index in [-0.39, 0.29) is 18.7 Å². The third-order valence-corrected chi connectivity index (χ3v) is 2.29. The van der Waals surface area contributed by atoms with Gasteiger partial charge in [0.1, 0.15) is 0 Å². The van der Waals surface area contributed by atoms with E-state index in [9.17, 15) is 18.3 Å². The van der Waals surface area contributed by atoms with Crippen molar-refractivity contribution in [2.45, 2.75) is 18.7 Å². The molecule has 0 radical (unpaired) electrons. The molecule has 9 heteroatoms. The van der Waals surface area contributed by atoms with Crippen molar-refractivity contribution in [1.82, 2.24) is 19.6 Å². The Kier molecular flexibility index (Phi) is 3.18. The third kappa shape index (κ3) is 2.41. The van der Waals surface area contributed by atoms with E-state index >= 15 is 0 Å². The quantitative estimate of drug-likeness (QED) is 0.841. The normalized spacial score (nSPS) is 14.1. The van der Waals surface area contributed by atoms with E-state index in [4.69, 9.17) is 5.73 Å². The summed E-state index contributed by atoms with van der Waals surface area (Å²) in [6, 6.07) is 0. The molecule has 6 nitrogen and oxygen atoms in total. The van der Waals surface area contributed by atoms with E-state index in [0.717, 1.165) is 4.52 Å². The Morgan fingerprint density at radius 3 is 2.78 bits per heavy atom. The van der Waals surface area contributed by atoms with Crippen molar-refractivity contribution in [3.8, 4) is 0 Å². The van der Waals surface area contributed by atoms with Crippen LogP contribution in [-0.4, -0.2) is 31.2 Å². The minimum Gasteiger partial charge on any atom is -0.388 e. The van der Waals surface area contributed by atoms with Gasteiger partial charge in [0.15, 0.2) is 0 Å². The second-order valence-electron chi connectivity index (χ2n) is 3.66. The lowest BCUT2D eigenvalue weighted by Crippen LogP contribution is -2.08. The van der Waals surface area contributed by atoms with E-state index < -0.39 is 18.1 Å². The Hall–Kier alpha value is -1.74. The predicted octanol–water partition coefficient (Wildman–Crippen LogP) is 0.525. The molecule has 0 aliphatic rings. The van der Waals surface area contributed by atoms with Gasteiger partial charge in [-0.3, -0.25) is 0 Å². The lowest BCUT2D eigenvalue weighted by Gasteiger charge is -2.08. The van der Waals surface area contributed by atoms with Crippen molar-refractivity contribution in [2.24, 2.45) is 5.73 Å². The first-order valence-corrected chi connectivity index (χ1v) is 5.09. The number of aliphatic hydroxyl groups excluding tert-OH is 1. The highest BCUT2D eigenvalue weighted by molar-refractivity contribution is 5.28. The summed E-state index contributed by atoms with van der Waals surface area (Å²) in [4.78, 5) is 6.95. The average molecular weight is 261 g/mol. The molecule has 0 amide bonds. The molecule has 3 N–H and O–H groups in total. The molecule has 0 aliphatic heterocycles. The summed E-state index contributed by atoms with van der Waals surface area (Å²) in [6.07, 6.45) is -2.71. The largest absolute Gasteiger partial charge is 0.453 e. The fraction of sp³-hybridized carbons (Fsp3) is 0.444. The Bertz CT molecular complexity index is 553. The summed E-state index contributed by atoms with van der Waals surface area (Å²) in [5.41, 5.74) is 5.62. The van der Waals surface area contributed by atoms with Crippen molar-refractivity contribution in [3.63, 3.8) is 0 Å². The molecule has 0 aliphatic carbocycles. The predicted molar refractivity (Wildman–Crippen MR) is 54.4 cm³/mol. The zero-order valence-electron chi connectivity index (χ0n) is 9.09. The monoisotopic (exact) mass is 261 g/mol. The first-order valence-electron chi connectivity index (χ1n) is 5.09. The van der Waals surface area contributed by atoms with Crippen LogP contribution < -0.4 is 5.73 Å². The molecule has 18 heavy (non-hydrogen) atoms. The van der Waals surface area contributed by atoms with E-state index in [2.05, 4.69) is 15.1 Å². The van der Waals surface area contributed by atoms with Gasteiger partial charge in [-0.15, -0.1) is 5.10 Å². The van der Waals surface area contributed by atoms with Gasteiger partial charge < -0.3 is 10.8 Å². The molecule has 2 heterocycles. The summed E-state index contributed by atoms with van der Waals surface area (Å²) < 4.78 is 38.0. The molecule has 0 saturated heterocycles. The molecule has 98 valence electrons. The SMILES string of the molecule is NCCC(O)c1cnc2nc(C(F)(F)F)nn2c1. The van der Waals surface area contributed by atoms with Gasteiger partial charge in [0.25, 0.3) is 11.6 Å².